The zero-order chi connectivity index (χ0) is 20.3. The van der Waals surface area contributed by atoms with Crippen LogP contribution in [-0.2, 0) is 9.59 Å². The van der Waals surface area contributed by atoms with Gasteiger partial charge in [-0.25, -0.2) is 4.39 Å². The van der Waals surface area contributed by atoms with Gasteiger partial charge in [0.25, 0.3) is 0 Å². The Morgan fingerprint density at radius 3 is 2.43 bits per heavy atom. The molecule has 0 aromatic heterocycles. The Hall–Kier alpha value is -3.09. The molecule has 148 valence electrons. The Labute approximate surface area is 163 Å². The van der Waals surface area contributed by atoms with Crippen LogP contribution in [0.2, 0.25) is 0 Å². The molecule has 1 unspecified atom stereocenters. The molecular weight excluding hydrogens is 363 g/mol. The highest BCUT2D eigenvalue weighted by Crippen LogP contribution is 2.34. The molecule has 2 aromatic rings. The third kappa shape index (κ3) is 3.78. The highest BCUT2D eigenvalue weighted by atomic mass is 19.1. The maximum atomic E-state index is 13.2. The van der Waals surface area contributed by atoms with E-state index in [0.717, 1.165) is 0 Å². The van der Waals surface area contributed by atoms with Crippen LogP contribution in [0.25, 0.3) is 0 Å². The van der Waals surface area contributed by atoms with E-state index < -0.39 is 5.92 Å². The lowest BCUT2D eigenvalue weighted by atomic mass is 10.1. The largest absolute Gasteiger partial charge is 0.493 e. The summed E-state index contributed by atoms with van der Waals surface area (Å²) in [6, 6.07) is 11.0. The second-order valence-electron chi connectivity index (χ2n) is 6.50. The van der Waals surface area contributed by atoms with E-state index in [4.69, 9.17) is 9.47 Å². The molecule has 7 heteroatoms. The number of methoxy groups -OCH3 is 2. The summed E-state index contributed by atoms with van der Waals surface area (Å²) in [6.45, 7) is 2.57. The Kier molecular flexibility index (Phi) is 5.82. The van der Waals surface area contributed by atoms with E-state index in [2.05, 4.69) is 0 Å². The third-order valence-corrected chi connectivity index (χ3v) is 4.87. The summed E-state index contributed by atoms with van der Waals surface area (Å²) < 4.78 is 23.7. The topological polar surface area (TPSA) is 59.1 Å². The summed E-state index contributed by atoms with van der Waals surface area (Å²) in [5.41, 5.74) is 1.27. The molecule has 1 aliphatic rings. The molecule has 0 aliphatic carbocycles. The molecule has 0 spiro atoms. The lowest BCUT2D eigenvalue weighted by Crippen LogP contribution is -2.37. The first-order valence-electron chi connectivity index (χ1n) is 9.07. The number of hydrogen-bond acceptors (Lipinski definition) is 4. The fourth-order valence-corrected chi connectivity index (χ4v) is 3.42. The maximum absolute atomic E-state index is 13.2. The average molecular weight is 386 g/mol. The number of carbonyl (C=O) groups excluding carboxylic acids is 2. The number of amides is 2. The van der Waals surface area contributed by atoms with Crippen LogP contribution >= 0.6 is 0 Å². The Morgan fingerprint density at radius 2 is 1.82 bits per heavy atom. The molecule has 0 bridgehead atoms. The molecule has 0 N–H and O–H groups in total. The van der Waals surface area contributed by atoms with Crippen molar-refractivity contribution in [1.82, 2.24) is 0 Å². The summed E-state index contributed by atoms with van der Waals surface area (Å²) in [5.74, 6) is -0.0113. The smallest absolute Gasteiger partial charge is 0.232 e. The molecule has 3 rings (SSSR count). The van der Waals surface area contributed by atoms with Gasteiger partial charge in [0.05, 0.1) is 20.1 Å². The van der Waals surface area contributed by atoms with Crippen LogP contribution in [0, 0.1) is 11.7 Å². The number of hydrogen-bond donors (Lipinski definition) is 0. The predicted octanol–water partition coefficient (Wildman–Crippen LogP) is 3.25. The summed E-state index contributed by atoms with van der Waals surface area (Å²) >= 11 is 0. The molecule has 0 saturated carbocycles. The molecular formula is C21H23FN2O4. The van der Waals surface area contributed by atoms with Crippen molar-refractivity contribution in [2.24, 2.45) is 5.92 Å². The van der Waals surface area contributed by atoms with E-state index in [0.29, 0.717) is 29.4 Å². The predicted molar refractivity (Wildman–Crippen MR) is 104 cm³/mol. The number of rotatable bonds is 6. The number of anilines is 2. The Morgan fingerprint density at radius 1 is 1.14 bits per heavy atom. The van der Waals surface area contributed by atoms with Gasteiger partial charge in [0.1, 0.15) is 5.82 Å². The number of carbonyl (C=O) groups is 2. The van der Waals surface area contributed by atoms with E-state index in [-0.39, 0.29) is 30.6 Å². The number of nitrogens with zero attached hydrogens (tertiary/aromatic N) is 2. The van der Waals surface area contributed by atoms with Gasteiger partial charge in [-0.15, -0.1) is 0 Å². The summed E-state index contributed by atoms with van der Waals surface area (Å²) in [7, 11) is 3.07. The van der Waals surface area contributed by atoms with Crippen LogP contribution in [0.1, 0.15) is 13.3 Å². The van der Waals surface area contributed by atoms with Crippen molar-refractivity contribution in [1.29, 1.82) is 0 Å². The van der Waals surface area contributed by atoms with Gasteiger partial charge in [-0.2, -0.15) is 0 Å². The van der Waals surface area contributed by atoms with Crippen molar-refractivity contribution in [2.45, 2.75) is 13.3 Å². The fourth-order valence-electron chi connectivity index (χ4n) is 3.42. The fraction of sp³-hybridized carbons (Fsp3) is 0.333. The van der Waals surface area contributed by atoms with Crippen molar-refractivity contribution >= 4 is 23.2 Å². The van der Waals surface area contributed by atoms with E-state index in [1.165, 1.54) is 19.2 Å². The minimum Gasteiger partial charge on any atom is -0.493 e. The lowest BCUT2D eigenvalue weighted by molar-refractivity contribution is -0.124. The number of benzene rings is 2. The van der Waals surface area contributed by atoms with E-state index in [1.54, 1.807) is 47.2 Å². The highest BCUT2D eigenvalue weighted by Gasteiger charge is 2.37. The summed E-state index contributed by atoms with van der Waals surface area (Å²) in [5, 5.41) is 0. The molecule has 1 fully saturated rings. The lowest BCUT2D eigenvalue weighted by Gasteiger charge is -2.24. The monoisotopic (exact) mass is 386 g/mol. The summed E-state index contributed by atoms with van der Waals surface area (Å²) in [4.78, 5) is 28.8. The van der Waals surface area contributed by atoms with Crippen LogP contribution in [0.3, 0.4) is 0 Å². The van der Waals surface area contributed by atoms with Crippen molar-refractivity contribution in [3.63, 3.8) is 0 Å². The van der Waals surface area contributed by atoms with Crippen LogP contribution in [0.5, 0.6) is 11.5 Å². The van der Waals surface area contributed by atoms with Crippen LogP contribution in [0.15, 0.2) is 42.5 Å². The van der Waals surface area contributed by atoms with Gasteiger partial charge in [0, 0.05) is 37.0 Å². The van der Waals surface area contributed by atoms with Crippen molar-refractivity contribution < 1.29 is 23.5 Å². The molecule has 2 amide bonds. The number of ether oxygens (including phenoxy) is 2. The van der Waals surface area contributed by atoms with Gasteiger partial charge in [0.2, 0.25) is 11.8 Å². The minimum atomic E-state index is -0.467. The van der Waals surface area contributed by atoms with Crippen molar-refractivity contribution in [2.75, 3.05) is 37.1 Å². The van der Waals surface area contributed by atoms with Gasteiger partial charge < -0.3 is 19.3 Å². The van der Waals surface area contributed by atoms with Crippen molar-refractivity contribution in [3.05, 3.63) is 48.3 Å². The van der Waals surface area contributed by atoms with Gasteiger partial charge in [-0.05, 0) is 43.3 Å². The Bertz CT molecular complexity index is 869. The number of halogens is 1. The van der Waals surface area contributed by atoms with Gasteiger partial charge in [0.15, 0.2) is 11.5 Å². The van der Waals surface area contributed by atoms with Gasteiger partial charge in [-0.3, -0.25) is 9.59 Å². The van der Waals surface area contributed by atoms with Crippen molar-refractivity contribution in [3.8, 4) is 11.5 Å². The first-order valence-corrected chi connectivity index (χ1v) is 9.07. The first-order chi connectivity index (χ1) is 13.5. The second-order valence-corrected chi connectivity index (χ2v) is 6.50. The van der Waals surface area contributed by atoms with Crippen LogP contribution < -0.4 is 19.3 Å². The zero-order valence-corrected chi connectivity index (χ0v) is 16.1. The van der Waals surface area contributed by atoms with Crippen LogP contribution in [-0.4, -0.2) is 39.1 Å². The molecule has 6 nitrogen and oxygen atoms in total. The zero-order valence-electron chi connectivity index (χ0n) is 16.1. The van der Waals surface area contributed by atoms with Crippen LogP contribution in [0.4, 0.5) is 15.8 Å². The molecule has 2 aromatic carbocycles. The highest BCUT2D eigenvalue weighted by molar-refractivity contribution is 6.04. The normalized spacial score (nSPS) is 16.2. The van der Waals surface area contributed by atoms with E-state index in [9.17, 15) is 14.0 Å². The molecule has 1 heterocycles. The molecule has 1 aliphatic heterocycles. The SMILES string of the molecule is CCN(C(=O)C1CC(=O)N(c2ccc(OC)c(OC)c2)C1)c1ccc(F)cc1. The molecule has 1 atom stereocenters. The molecule has 28 heavy (non-hydrogen) atoms. The maximum Gasteiger partial charge on any atom is 0.232 e. The van der Waals surface area contributed by atoms with E-state index >= 15 is 0 Å². The van der Waals surface area contributed by atoms with Gasteiger partial charge >= 0.3 is 0 Å². The first kappa shape index (κ1) is 19.7. The molecule has 0 radical (unpaired) electrons. The van der Waals surface area contributed by atoms with E-state index in [1.807, 2.05) is 6.92 Å². The third-order valence-electron chi connectivity index (χ3n) is 4.87. The Balaban J connectivity index is 1.79. The molecule has 1 saturated heterocycles. The quantitative estimate of drug-likeness (QED) is 0.765. The standard InChI is InChI=1S/C21H23FN2O4/c1-4-23(16-7-5-15(22)6-8-16)21(26)14-11-20(25)24(13-14)17-9-10-18(27-2)19(12-17)28-3/h5-10,12,14H,4,11,13H2,1-3H3. The second kappa shape index (κ2) is 8.29. The minimum absolute atomic E-state index is 0.124. The summed E-state index contributed by atoms with van der Waals surface area (Å²) in [6.07, 6.45) is 0.130. The average Bonchev–Trinajstić information content (AvgIpc) is 3.11. The van der Waals surface area contributed by atoms with Gasteiger partial charge in [-0.1, -0.05) is 0 Å².